The van der Waals surface area contributed by atoms with Crippen molar-refractivity contribution < 1.29 is 17.6 Å². The van der Waals surface area contributed by atoms with Crippen LogP contribution in [0, 0.1) is 5.82 Å². The fourth-order valence-corrected chi connectivity index (χ4v) is 6.49. The van der Waals surface area contributed by atoms with Crippen LogP contribution >= 0.6 is 23.4 Å². The van der Waals surface area contributed by atoms with E-state index in [-0.39, 0.29) is 29.1 Å². The second-order valence-electron chi connectivity index (χ2n) is 6.93. The summed E-state index contributed by atoms with van der Waals surface area (Å²) in [6.07, 6.45) is 1.94. The van der Waals surface area contributed by atoms with Crippen molar-refractivity contribution in [3.63, 3.8) is 0 Å². The molecule has 9 heteroatoms. The number of amides is 2. The van der Waals surface area contributed by atoms with Crippen LogP contribution in [0.4, 0.5) is 14.9 Å². The molecule has 2 atom stereocenters. The summed E-state index contributed by atoms with van der Waals surface area (Å²) in [5, 5.41) is 0.216. The summed E-state index contributed by atoms with van der Waals surface area (Å²) in [7, 11) is -3.26. The summed E-state index contributed by atoms with van der Waals surface area (Å²) in [4.78, 5) is 17.4. The molecule has 2 aliphatic rings. The molecule has 2 fully saturated rings. The van der Waals surface area contributed by atoms with Crippen LogP contribution < -0.4 is 4.90 Å². The fraction of sp³-hybridized carbons (Fsp3) is 0.316. The number of rotatable bonds is 4. The average molecular weight is 441 g/mol. The number of hydrogen-bond acceptors (Lipinski definition) is 4. The lowest BCUT2D eigenvalue weighted by molar-refractivity contribution is 0.206. The topological polar surface area (TPSA) is 57.7 Å². The lowest BCUT2D eigenvalue weighted by Crippen LogP contribution is -2.37. The third-order valence-electron chi connectivity index (χ3n) is 5.16. The number of sulfone groups is 1. The minimum Gasteiger partial charge on any atom is -0.314 e. The highest BCUT2D eigenvalue weighted by atomic mass is 35.5. The number of fused-ring (bicyclic) bond motifs is 1. The molecule has 0 spiro atoms. The van der Waals surface area contributed by atoms with Crippen LogP contribution in [0.1, 0.15) is 5.56 Å². The molecular weight excluding hydrogens is 423 g/mol. The van der Waals surface area contributed by atoms with Gasteiger partial charge in [-0.25, -0.2) is 17.6 Å². The van der Waals surface area contributed by atoms with Gasteiger partial charge in [0.2, 0.25) is 0 Å². The summed E-state index contributed by atoms with van der Waals surface area (Å²) in [5.74, 6) is -0.611. The third kappa shape index (κ3) is 3.49. The van der Waals surface area contributed by atoms with E-state index >= 15 is 0 Å². The zero-order valence-electron chi connectivity index (χ0n) is 15.0. The van der Waals surface area contributed by atoms with Gasteiger partial charge >= 0.3 is 6.03 Å². The molecule has 2 aliphatic heterocycles. The highest BCUT2D eigenvalue weighted by Gasteiger charge is 2.53. The van der Waals surface area contributed by atoms with Crippen molar-refractivity contribution >= 4 is 44.9 Å². The predicted octanol–water partition coefficient (Wildman–Crippen LogP) is 3.81. The van der Waals surface area contributed by atoms with Gasteiger partial charge in [0.25, 0.3) is 0 Å². The van der Waals surface area contributed by atoms with Gasteiger partial charge in [-0.05, 0) is 42.2 Å². The van der Waals surface area contributed by atoms with E-state index in [9.17, 15) is 17.6 Å². The first kappa shape index (κ1) is 19.5. The molecule has 0 aromatic heterocycles. The first-order valence-electron chi connectivity index (χ1n) is 8.67. The Hall–Kier alpha value is -1.77. The van der Waals surface area contributed by atoms with E-state index in [4.69, 9.17) is 11.6 Å². The van der Waals surface area contributed by atoms with Gasteiger partial charge in [-0.1, -0.05) is 23.7 Å². The molecular formula is C19H18ClFN2O3S2. The number of carbonyl (C=O) groups excluding carboxylic acids is 1. The summed E-state index contributed by atoms with van der Waals surface area (Å²) in [5.41, 5.74) is 1.26. The number of nitrogens with zero attached hydrogens (tertiary/aromatic N) is 2. The first-order valence-corrected chi connectivity index (χ1v) is 12.1. The molecule has 148 valence electrons. The smallest absolute Gasteiger partial charge is 0.314 e. The Labute approximate surface area is 172 Å². The minimum absolute atomic E-state index is 0.0689. The van der Waals surface area contributed by atoms with Crippen molar-refractivity contribution in [2.45, 2.75) is 23.5 Å². The van der Waals surface area contributed by atoms with Gasteiger partial charge in [-0.15, -0.1) is 11.8 Å². The molecule has 2 unspecified atom stereocenters. The second-order valence-corrected chi connectivity index (χ2v) is 10.4. The SMILES string of the molecule is CSc1cccc(N2C(=O)N(Cc3ccc(F)cc3Cl)C3CS(=O)(=O)CC32)c1. The Morgan fingerprint density at radius 2 is 1.93 bits per heavy atom. The number of anilines is 1. The second kappa shape index (κ2) is 7.24. The van der Waals surface area contributed by atoms with Crippen LogP contribution in [0.15, 0.2) is 47.4 Å². The van der Waals surface area contributed by atoms with Crippen LogP contribution in [-0.2, 0) is 16.4 Å². The quantitative estimate of drug-likeness (QED) is 0.536. The molecule has 2 aromatic carbocycles. The van der Waals surface area contributed by atoms with Crippen LogP contribution in [0.3, 0.4) is 0 Å². The maximum atomic E-state index is 13.4. The molecule has 5 nitrogen and oxygen atoms in total. The molecule has 0 radical (unpaired) electrons. The van der Waals surface area contributed by atoms with Gasteiger partial charge in [0.05, 0.1) is 23.6 Å². The summed E-state index contributed by atoms with van der Waals surface area (Å²) in [6.45, 7) is 0.132. The lowest BCUT2D eigenvalue weighted by atomic mass is 10.1. The molecule has 0 bridgehead atoms. The Kier molecular flexibility index (Phi) is 5.05. The van der Waals surface area contributed by atoms with Crippen molar-refractivity contribution in [1.82, 2.24) is 4.90 Å². The molecule has 2 aromatic rings. The maximum absolute atomic E-state index is 13.4. The standard InChI is InChI=1S/C19H18ClFN2O3S2/c1-27-15-4-2-3-14(8-15)23-18-11-28(25,26)10-17(18)22(19(23)24)9-12-5-6-13(21)7-16(12)20/h2-8,17-18H,9-11H2,1H3. The molecule has 0 saturated carbocycles. The van der Waals surface area contributed by atoms with Gasteiger partial charge < -0.3 is 4.90 Å². The third-order valence-corrected chi connectivity index (χ3v) is 7.94. The maximum Gasteiger partial charge on any atom is 0.325 e. The zero-order valence-corrected chi connectivity index (χ0v) is 17.4. The van der Waals surface area contributed by atoms with E-state index in [0.717, 1.165) is 4.90 Å². The molecule has 28 heavy (non-hydrogen) atoms. The Morgan fingerprint density at radius 1 is 1.18 bits per heavy atom. The van der Waals surface area contributed by atoms with Gasteiger partial charge in [0, 0.05) is 22.2 Å². The van der Waals surface area contributed by atoms with Crippen molar-refractivity contribution in [3.05, 3.63) is 58.9 Å². The van der Waals surface area contributed by atoms with Gasteiger partial charge in [-0.3, -0.25) is 4.90 Å². The molecule has 2 heterocycles. The van der Waals surface area contributed by atoms with Crippen LogP contribution in [0.25, 0.3) is 0 Å². The number of urea groups is 1. The Bertz CT molecular complexity index is 1050. The van der Waals surface area contributed by atoms with Crippen molar-refractivity contribution in [2.24, 2.45) is 0 Å². The number of benzene rings is 2. The van der Waals surface area contributed by atoms with Gasteiger partial charge in [0.1, 0.15) is 5.82 Å². The normalized spacial score (nSPS) is 23.3. The molecule has 4 rings (SSSR count). The highest BCUT2D eigenvalue weighted by molar-refractivity contribution is 7.98. The Balaban J connectivity index is 1.72. The zero-order chi connectivity index (χ0) is 20.1. The number of thioether (sulfide) groups is 1. The predicted molar refractivity (Wildman–Crippen MR) is 109 cm³/mol. The summed E-state index contributed by atoms with van der Waals surface area (Å²) < 4.78 is 38.0. The van der Waals surface area contributed by atoms with E-state index in [1.54, 1.807) is 21.6 Å². The monoisotopic (exact) mass is 440 g/mol. The summed E-state index contributed by atoms with van der Waals surface area (Å²) in [6, 6.07) is 10.3. The van der Waals surface area contributed by atoms with E-state index in [1.165, 1.54) is 18.2 Å². The number of halogens is 2. The van der Waals surface area contributed by atoms with E-state index in [2.05, 4.69) is 0 Å². The Morgan fingerprint density at radius 3 is 2.64 bits per heavy atom. The van der Waals surface area contributed by atoms with Crippen molar-refractivity contribution in [3.8, 4) is 0 Å². The minimum atomic E-state index is -3.26. The molecule has 0 aliphatic carbocycles. The number of carbonyl (C=O) groups is 1. The van der Waals surface area contributed by atoms with E-state index in [0.29, 0.717) is 11.3 Å². The average Bonchev–Trinajstić information content (AvgIpc) is 3.07. The molecule has 2 amide bonds. The molecule has 0 N–H and O–H groups in total. The lowest BCUT2D eigenvalue weighted by Gasteiger charge is -2.23. The van der Waals surface area contributed by atoms with Crippen LogP contribution in [0.5, 0.6) is 0 Å². The van der Waals surface area contributed by atoms with Gasteiger partial charge in [0.15, 0.2) is 9.84 Å². The van der Waals surface area contributed by atoms with Crippen molar-refractivity contribution in [1.29, 1.82) is 0 Å². The number of hydrogen-bond donors (Lipinski definition) is 0. The van der Waals surface area contributed by atoms with Gasteiger partial charge in [-0.2, -0.15) is 0 Å². The molecule has 2 saturated heterocycles. The van der Waals surface area contributed by atoms with Crippen LogP contribution in [-0.4, -0.2) is 49.2 Å². The first-order chi connectivity index (χ1) is 13.3. The van der Waals surface area contributed by atoms with Crippen LogP contribution in [0.2, 0.25) is 5.02 Å². The highest BCUT2D eigenvalue weighted by Crippen LogP contribution is 2.37. The largest absolute Gasteiger partial charge is 0.325 e. The van der Waals surface area contributed by atoms with E-state index in [1.807, 2.05) is 30.5 Å². The van der Waals surface area contributed by atoms with E-state index < -0.39 is 27.7 Å². The fourth-order valence-electron chi connectivity index (χ4n) is 3.86. The summed E-state index contributed by atoms with van der Waals surface area (Å²) >= 11 is 7.69. The van der Waals surface area contributed by atoms with Crippen molar-refractivity contribution in [2.75, 3.05) is 22.7 Å².